The van der Waals surface area contributed by atoms with E-state index in [4.69, 9.17) is 0 Å². The number of nitro benzene ring substituents is 1. The fourth-order valence-corrected chi connectivity index (χ4v) is 2.54. The van der Waals surface area contributed by atoms with Crippen molar-refractivity contribution in [1.29, 1.82) is 0 Å². The lowest BCUT2D eigenvalue weighted by molar-refractivity contribution is -0.385. The third kappa shape index (κ3) is 5.28. The predicted molar refractivity (Wildman–Crippen MR) is 81.5 cm³/mol. The van der Waals surface area contributed by atoms with E-state index in [0.29, 0.717) is 12.5 Å². The molecule has 0 aliphatic rings. The van der Waals surface area contributed by atoms with E-state index in [1.54, 1.807) is 12.1 Å². The van der Waals surface area contributed by atoms with Gasteiger partial charge in [0.1, 0.15) is 0 Å². The van der Waals surface area contributed by atoms with Gasteiger partial charge in [0, 0.05) is 22.1 Å². The van der Waals surface area contributed by atoms with Crippen LogP contribution in [0.4, 0.5) is 5.69 Å². The van der Waals surface area contributed by atoms with Crippen LogP contribution in [0.15, 0.2) is 22.7 Å². The van der Waals surface area contributed by atoms with Crippen molar-refractivity contribution >= 4 is 21.6 Å². The molecule has 1 aromatic rings. The highest BCUT2D eigenvalue weighted by molar-refractivity contribution is 9.10. The van der Waals surface area contributed by atoms with Gasteiger partial charge in [0.2, 0.25) is 0 Å². The minimum atomic E-state index is -0.301. The molecule has 106 valence electrons. The van der Waals surface area contributed by atoms with Crippen LogP contribution in [0, 0.1) is 10.1 Å². The number of rotatable bonds is 8. The topological polar surface area (TPSA) is 55.2 Å². The zero-order chi connectivity index (χ0) is 14.3. The van der Waals surface area contributed by atoms with Crippen molar-refractivity contribution in [2.24, 2.45) is 0 Å². The van der Waals surface area contributed by atoms with Crippen LogP contribution in [-0.4, -0.2) is 17.5 Å². The van der Waals surface area contributed by atoms with E-state index in [2.05, 4.69) is 35.1 Å². The Bertz CT molecular complexity index is 424. The fraction of sp³-hybridized carbons (Fsp3) is 0.571. The van der Waals surface area contributed by atoms with Crippen LogP contribution in [0.3, 0.4) is 0 Å². The molecule has 0 radical (unpaired) electrons. The summed E-state index contributed by atoms with van der Waals surface area (Å²) >= 11 is 3.38. The molecule has 0 fully saturated rings. The molecule has 0 spiro atoms. The number of nitrogens with zero attached hydrogens (tertiary/aromatic N) is 1. The second-order valence-electron chi connectivity index (χ2n) is 4.67. The van der Waals surface area contributed by atoms with Crippen LogP contribution in [0.5, 0.6) is 0 Å². The highest BCUT2D eigenvalue weighted by Gasteiger charge is 2.17. The minimum Gasteiger partial charge on any atom is -0.314 e. The summed E-state index contributed by atoms with van der Waals surface area (Å²) in [6.07, 6.45) is 3.87. The van der Waals surface area contributed by atoms with Crippen LogP contribution >= 0.6 is 15.9 Å². The summed E-state index contributed by atoms with van der Waals surface area (Å²) in [5.74, 6) is 0. The number of nitro groups is 1. The van der Waals surface area contributed by atoms with Crippen molar-refractivity contribution in [3.05, 3.63) is 38.3 Å². The first kappa shape index (κ1) is 16.1. The Hall–Kier alpha value is -0.940. The Morgan fingerprint density at radius 3 is 2.68 bits per heavy atom. The van der Waals surface area contributed by atoms with Gasteiger partial charge >= 0.3 is 0 Å². The van der Waals surface area contributed by atoms with E-state index in [1.165, 1.54) is 0 Å². The van der Waals surface area contributed by atoms with Gasteiger partial charge in [-0.15, -0.1) is 0 Å². The summed E-state index contributed by atoms with van der Waals surface area (Å²) in [5.41, 5.74) is 1.00. The first-order valence-electron chi connectivity index (χ1n) is 6.74. The first-order chi connectivity index (χ1) is 9.08. The molecule has 1 atom stereocenters. The second-order valence-corrected chi connectivity index (χ2v) is 5.59. The molecule has 4 nitrogen and oxygen atoms in total. The summed E-state index contributed by atoms with van der Waals surface area (Å²) in [7, 11) is 0. The minimum absolute atomic E-state index is 0.211. The maximum absolute atomic E-state index is 11.1. The van der Waals surface area contributed by atoms with Gasteiger partial charge in [-0.1, -0.05) is 36.2 Å². The molecule has 1 rings (SSSR count). The van der Waals surface area contributed by atoms with Crippen LogP contribution in [-0.2, 0) is 6.42 Å². The lowest BCUT2D eigenvalue weighted by Crippen LogP contribution is -2.31. The van der Waals surface area contributed by atoms with Gasteiger partial charge in [0.05, 0.1) is 4.92 Å². The first-order valence-corrected chi connectivity index (χ1v) is 7.54. The molecule has 0 bridgehead atoms. The Labute approximate surface area is 122 Å². The third-order valence-electron chi connectivity index (χ3n) is 3.02. The number of hydrogen-bond acceptors (Lipinski definition) is 3. The molecule has 0 heterocycles. The monoisotopic (exact) mass is 328 g/mol. The summed E-state index contributed by atoms with van der Waals surface area (Å²) in [4.78, 5) is 10.8. The number of nitrogens with one attached hydrogen (secondary N) is 1. The van der Waals surface area contributed by atoms with Gasteiger partial charge < -0.3 is 5.32 Å². The van der Waals surface area contributed by atoms with E-state index < -0.39 is 0 Å². The molecule has 1 unspecified atom stereocenters. The molecule has 0 aliphatic heterocycles. The molecule has 5 heteroatoms. The quantitative estimate of drug-likeness (QED) is 0.578. The zero-order valence-electron chi connectivity index (χ0n) is 11.5. The summed E-state index contributed by atoms with van der Waals surface area (Å²) in [6.45, 7) is 5.21. The van der Waals surface area contributed by atoms with Gasteiger partial charge in [-0.2, -0.15) is 0 Å². The van der Waals surface area contributed by atoms with Gasteiger partial charge in [-0.05, 0) is 37.9 Å². The highest BCUT2D eigenvalue weighted by atomic mass is 79.9. The van der Waals surface area contributed by atoms with Gasteiger partial charge in [-0.3, -0.25) is 10.1 Å². The predicted octanol–water partition coefficient (Wildman–Crippen LogP) is 4.07. The van der Waals surface area contributed by atoms with E-state index in [9.17, 15) is 10.1 Å². The Morgan fingerprint density at radius 1 is 1.37 bits per heavy atom. The molecule has 1 N–H and O–H groups in total. The van der Waals surface area contributed by atoms with E-state index >= 15 is 0 Å². The normalized spacial score (nSPS) is 12.4. The molecule has 0 amide bonds. The number of hydrogen-bond donors (Lipinski definition) is 1. The maximum atomic E-state index is 11.1. The molecule has 0 aliphatic carbocycles. The molecule has 19 heavy (non-hydrogen) atoms. The summed E-state index contributed by atoms with van der Waals surface area (Å²) in [6, 6.07) is 5.45. The van der Waals surface area contributed by atoms with Gasteiger partial charge in [0.15, 0.2) is 0 Å². The van der Waals surface area contributed by atoms with Crippen molar-refractivity contribution < 1.29 is 4.92 Å². The van der Waals surface area contributed by atoms with Gasteiger partial charge in [-0.25, -0.2) is 0 Å². The van der Waals surface area contributed by atoms with E-state index in [1.807, 2.05) is 6.07 Å². The zero-order valence-corrected chi connectivity index (χ0v) is 13.1. The Kier molecular flexibility index (Phi) is 7.02. The lowest BCUT2D eigenvalue weighted by Gasteiger charge is -2.18. The summed E-state index contributed by atoms with van der Waals surface area (Å²) < 4.78 is 0.888. The van der Waals surface area contributed by atoms with Crippen LogP contribution in [0.25, 0.3) is 0 Å². The van der Waals surface area contributed by atoms with E-state index in [0.717, 1.165) is 35.8 Å². The Morgan fingerprint density at radius 2 is 2.11 bits per heavy atom. The van der Waals surface area contributed by atoms with Crippen LogP contribution in [0.1, 0.15) is 38.7 Å². The van der Waals surface area contributed by atoms with E-state index in [-0.39, 0.29) is 10.6 Å². The third-order valence-corrected chi connectivity index (χ3v) is 3.52. The van der Waals surface area contributed by atoms with Crippen LogP contribution in [0.2, 0.25) is 0 Å². The average Bonchev–Trinajstić information content (AvgIpc) is 2.36. The SMILES string of the molecule is CCCNC(CCC)Cc1cc(Br)ccc1[N+](=O)[O-]. The van der Waals surface area contributed by atoms with Gasteiger partial charge in [0.25, 0.3) is 5.69 Å². The molecule has 0 saturated heterocycles. The summed E-state index contributed by atoms with van der Waals surface area (Å²) in [5, 5.41) is 14.5. The lowest BCUT2D eigenvalue weighted by atomic mass is 10.0. The maximum Gasteiger partial charge on any atom is 0.272 e. The largest absolute Gasteiger partial charge is 0.314 e. The fourth-order valence-electron chi connectivity index (χ4n) is 2.13. The molecule has 1 aromatic carbocycles. The highest BCUT2D eigenvalue weighted by Crippen LogP contribution is 2.25. The number of halogens is 1. The smallest absolute Gasteiger partial charge is 0.272 e. The second kappa shape index (κ2) is 8.27. The molecule has 0 saturated carbocycles. The van der Waals surface area contributed by atoms with Crippen molar-refractivity contribution in [3.63, 3.8) is 0 Å². The van der Waals surface area contributed by atoms with Crippen LogP contribution < -0.4 is 5.32 Å². The number of benzene rings is 1. The van der Waals surface area contributed by atoms with Crippen molar-refractivity contribution in [1.82, 2.24) is 5.32 Å². The average molecular weight is 329 g/mol. The Balaban J connectivity index is 2.87. The molecular weight excluding hydrogens is 308 g/mol. The standard InChI is InChI=1S/C14H21BrN2O2/c1-3-5-13(16-8-4-2)10-11-9-12(15)6-7-14(11)17(18)19/h6-7,9,13,16H,3-5,8,10H2,1-2H3. The molecule has 0 aromatic heterocycles. The van der Waals surface area contributed by atoms with Crippen molar-refractivity contribution in [2.45, 2.75) is 45.6 Å². The van der Waals surface area contributed by atoms with Crippen molar-refractivity contribution in [2.75, 3.05) is 6.54 Å². The molecular formula is C14H21BrN2O2. The van der Waals surface area contributed by atoms with Crippen molar-refractivity contribution in [3.8, 4) is 0 Å².